The van der Waals surface area contributed by atoms with Crippen LogP contribution in [0.5, 0.6) is 0 Å². The molecule has 0 fully saturated rings. The molecule has 1 unspecified atom stereocenters. The second kappa shape index (κ2) is 68.5. The Morgan fingerprint density at radius 3 is 0.747 bits per heavy atom. The molecular weight excluding hydrogens is 1020 g/mol. The van der Waals surface area contributed by atoms with Gasteiger partial charge in [0.1, 0.15) is 13.2 Å². The summed E-state index contributed by atoms with van der Waals surface area (Å²) in [6.07, 6.45) is 106. The Hall–Kier alpha value is -6.01. The van der Waals surface area contributed by atoms with E-state index in [9.17, 15) is 14.4 Å². The van der Waals surface area contributed by atoms with E-state index < -0.39 is 6.10 Å². The van der Waals surface area contributed by atoms with Crippen LogP contribution < -0.4 is 0 Å². The van der Waals surface area contributed by atoms with E-state index in [1.54, 1.807) is 0 Å². The summed E-state index contributed by atoms with van der Waals surface area (Å²) in [6.45, 7) is 6.18. The first-order valence-corrected chi connectivity index (χ1v) is 32.6. The summed E-state index contributed by atoms with van der Waals surface area (Å²) in [7, 11) is 0. The third-order valence-corrected chi connectivity index (χ3v) is 12.8. The molecule has 0 aliphatic rings. The zero-order valence-electron chi connectivity index (χ0n) is 52.6. The summed E-state index contributed by atoms with van der Waals surface area (Å²) >= 11 is 0. The van der Waals surface area contributed by atoms with Crippen molar-refractivity contribution in [2.45, 2.75) is 245 Å². The monoisotopic (exact) mass is 1140 g/mol. The van der Waals surface area contributed by atoms with Gasteiger partial charge in [0.25, 0.3) is 0 Å². The number of unbranched alkanes of at least 4 members (excludes halogenated alkanes) is 11. The molecule has 0 saturated heterocycles. The van der Waals surface area contributed by atoms with Gasteiger partial charge in [0.2, 0.25) is 0 Å². The fourth-order valence-electron chi connectivity index (χ4n) is 8.03. The van der Waals surface area contributed by atoms with Gasteiger partial charge in [-0.1, -0.05) is 272 Å². The Balaban J connectivity index is 4.38. The normalized spacial score (nSPS) is 13.5. The first-order chi connectivity index (χ1) is 41.0. The third kappa shape index (κ3) is 66.7. The number of esters is 3. The van der Waals surface area contributed by atoms with E-state index in [2.05, 4.69) is 215 Å². The van der Waals surface area contributed by atoms with E-state index in [-0.39, 0.29) is 44.0 Å². The lowest BCUT2D eigenvalue weighted by molar-refractivity contribution is -0.166. The summed E-state index contributed by atoms with van der Waals surface area (Å²) in [5.41, 5.74) is 0. The first-order valence-electron chi connectivity index (χ1n) is 32.6. The van der Waals surface area contributed by atoms with Crippen molar-refractivity contribution >= 4 is 17.9 Å². The molecule has 0 amide bonds. The molecule has 0 radical (unpaired) electrons. The van der Waals surface area contributed by atoms with Crippen LogP contribution in [0.25, 0.3) is 0 Å². The summed E-state index contributed by atoms with van der Waals surface area (Å²) in [5.74, 6) is -1.06. The number of ether oxygens (including phenoxy) is 3. The molecule has 6 nitrogen and oxygen atoms in total. The number of hydrogen-bond acceptors (Lipinski definition) is 6. The summed E-state index contributed by atoms with van der Waals surface area (Å²) < 4.78 is 16.8. The first kappa shape index (κ1) is 77.0. The van der Waals surface area contributed by atoms with Crippen molar-refractivity contribution in [1.29, 1.82) is 0 Å². The van der Waals surface area contributed by atoms with Gasteiger partial charge in [-0.2, -0.15) is 0 Å². The van der Waals surface area contributed by atoms with Gasteiger partial charge in [-0.3, -0.25) is 14.4 Å². The van der Waals surface area contributed by atoms with Crippen LogP contribution in [0, 0.1) is 0 Å². The van der Waals surface area contributed by atoms with Crippen molar-refractivity contribution in [2.24, 2.45) is 0 Å². The van der Waals surface area contributed by atoms with E-state index in [0.29, 0.717) is 12.8 Å². The predicted molar refractivity (Wildman–Crippen MR) is 361 cm³/mol. The number of allylic oxidation sites excluding steroid dienone is 34. The minimum atomic E-state index is -0.838. The number of carbonyl (C=O) groups is 3. The van der Waals surface area contributed by atoms with Crippen molar-refractivity contribution < 1.29 is 28.6 Å². The molecule has 0 heterocycles. The Kier molecular flexibility index (Phi) is 63.5. The summed E-state index contributed by atoms with van der Waals surface area (Å²) in [4.78, 5) is 38.2. The van der Waals surface area contributed by atoms with E-state index in [1.807, 2.05) is 12.2 Å². The molecule has 6 heteroatoms. The fourth-order valence-corrected chi connectivity index (χ4v) is 8.03. The molecule has 0 aromatic rings. The fraction of sp³-hybridized carbons (Fsp3) is 0.519. The molecule has 0 spiro atoms. The molecule has 0 N–H and O–H groups in total. The molecule has 0 aliphatic carbocycles. The second-order valence-electron chi connectivity index (χ2n) is 20.5. The average molecular weight is 1140 g/mol. The van der Waals surface area contributed by atoms with Crippen LogP contribution in [-0.2, 0) is 28.6 Å². The van der Waals surface area contributed by atoms with Crippen LogP contribution in [0.15, 0.2) is 207 Å². The van der Waals surface area contributed by atoms with Gasteiger partial charge in [-0.15, -0.1) is 0 Å². The number of rotatable bonds is 56. The van der Waals surface area contributed by atoms with E-state index >= 15 is 0 Å². The smallest absolute Gasteiger partial charge is 0.306 e. The van der Waals surface area contributed by atoms with Crippen molar-refractivity contribution in [2.75, 3.05) is 13.2 Å². The maximum Gasteiger partial charge on any atom is 0.306 e. The van der Waals surface area contributed by atoms with Crippen LogP contribution in [0.1, 0.15) is 239 Å². The van der Waals surface area contributed by atoms with Gasteiger partial charge in [0.05, 0.1) is 0 Å². The minimum Gasteiger partial charge on any atom is -0.462 e. The highest BCUT2D eigenvalue weighted by atomic mass is 16.6. The van der Waals surface area contributed by atoms with Gasteiger partial charge in [0, 0.05) is 19.3 Å². The van der Waals surface area contributed by atoms with Gasteiger partial charge in [-0.05, 0) is 154 Å². The SMILES string of the molecule is CC/C=C\C/C=C\C/C=C\C/C=C\C/C=C\C/C=C\C/C=C\C/C=C\C/C=C\CCCCCCCCCC(=O)OCC(COC(=O)CC/C=C\C/C=C\C/C=C\C/C=C\CC)OC(=O)CCCCCC/C=C\C/C=C\C/C=C\C/C=C\CC. The standard InChI is InChI=1S/C77H116O6/c1-4-7-10-13-16-19-22-25-27-29-30-31-32-33-34-35-36-37-38-39-40-41-42-43-44-45-46-48-49-52-55-58-61-64-67-70-76(79)82-73-74(72-81-75(78)69-66-63-60-57-54-51-24-21-18-15-12-9-6-3)83-77(80)71-68-65-62-59-56-53-50-47-28-26-23-20-17-14-11-8-5-2/h7-12,16-21,25-28,30-31,33-34,36-37,39-40,42-43,45-46,50-51,53-54,60,63,74H,4-6,13-15,22-24,29,32,35,38,41,44,47-49,52,55-59,61-62,64-73H2,1-3H3/b10-7-,11-8-,12-9-,19-16-,20-17-,21-18-,27-25-,28-26-,31-30-,34-33-,37-36-,40-39-,43-42-,46-45-,53-50-,54-51-,63-60-. The van der Waals surface area contributed by atoms with Gasteiger partial charge in [-0.25, -0.2) is 0 Å². The minimum absolute atomic E-state index is 0.127. The lowest BCUT2D eigenvalue weighted by Gasteiger charge is -2.18. The maximum absolute atomic E-state index is 12.9. The molecule has 0 aliphatic heterocycles. The molecule has 0 saturated carbocycles. The molecule has 83 heavy (non-hydrogen) atoms. The Labute approximate surface area is 509 Å². The highest BCUT2D eigenvalue weighted by molar-refractivity contribution is 5.71. The molecular formula is C77H116O6. The van der Waals surface area contributed by atoms with E-state index in [1.165, 1.54) is 19.3 Å². The van der Waals surface area contributed by atoms with Crippen molar-refractivity contribution in [3.63, 3.8) is 0 Å². The van der Waals surface area contributed by atoms with Crippen molar-refractivity contribution in [1.82, 2.24) is 0 Å². The van der Waals surface area contributed by atoms with Crippen LogP contribution in [0.3, 0.4) is 0 Å². The highest BCUT2D eigenvalue weighted by Crippen LogP contribution is 2.13. The van der Waals surface area contributed by atoms with E-state index in [0.717, 1.165) is 173 Å². The lowest BCUT2D eigenvalue weighted by atomic mass is 10.1. The van der Waals surface area contributed by atoms with Crippen LogP contribution in [0.2, 0.25) is 0 Å². The van der Waals surface area contributed by atoms with Crippen LogP contribution in [-0.4, -0.2) is 37.2 Å². The molecule has 0 aromatic heterocycles. The summed E-state index contributed by atoms with van der Waals surface area (Å²) in [6, 6.07) is 0. The lowest BCUT2D eigenvalue weighted by Crippen LogP contribution is -2.30. The van der Waals surface area contributed by atoms with Crippen LogP contribution >= 0.6 is 0 Å². The van der Waals surface area contributed by atoms with E-state index in [4.69, 9.17) is 14.2 Å². The van der Waals surface area contributed by atoms with Gasteiger partial charge < -0.3 is 14.2 Å². The molecule has 1 atom stereocenters. The maximum atomic E-state index is 12.9. The third-order valence-electron chi connectivity index (χ3n) is 12.8. The van der Waals surface area contributed by atoms with Gasteiger partial charge >= 0.3 is 17.9 Å². The molecule has 460 valence electrons. The van der Waals surface area contributed by atoms with Crippen LogP contribution in [0.4, 0.5) is 0 Å². The highest BCUT2D eigenvalue weighted by Gasteiger charge is 2.19. The average Bonchev–Trinajstić information content (AvgIpc) is 3.49. The Bertz CT molecular complexity index is 2030. The summed E-state index contributed by atoms with van der Waals surface area (Å²) in [5, 5.41) is 0. The topological polar surface area (TPSA) is 78.9 Å². The van der Waals surface area contributed by atoms with Gasteiger partial charge in [0.15, 0.2) is 6.10 Å². The predicted octanol–water partition coefficient (Wildman–Crippen LogP) is 22.8. The van der Waals surface area contributed by atoms with Crippen molar-refractivity contribution in [3.05, 3.63) is 207 Å². The zero-order chi connectivity index (χ0) is 59.9. The largest absolute Gasteiger partial charge is 0.462 e. The number of carbonyl (C=O) groups excluding carboxylic acids is 3. The second-order valence-corrected chi connectivity index (χ2v) is 20.5. The molecule has 0 rings (SSSR count). The number of hydrogen-bond donors (Lipinski definition) is 0. The molecule has 0 aromatic carbocycles. The Morgan fingerprint density at radius 1 is 0.241 bits per heavy atom. The zero-order valence-corrected chi connectivity index (χ0v) is 52.6. The van der Waals surface area contributed by atoms with Crippen molar-refractivity contribution in [3.8, 4) is 0 Å². The quantitative estimate of drug-likeness (QED) is 0.0261. The Morgan fingerprint density at radius 2 is 0.458 bits per heavy atom. The molecule has 0 bridgehead atoms.